The Morgan fingerprint density at radius 3 is 2.45 bits per heavy atom. The third kappa shape index (κ3) is 3.26. The van der Waals surface area contributed by atoms with E-state index in [1.54, 1.807) is 16.8 Å². The van der Waals surface area contributed by atoms with Crippen molar-refractivity contribution in [1.29, 1.82) is 0 Å². The monoisotopic (exact) mass is 315 g/mol. The molecule has 3 N–H and O–H groups in total. The number of anilines is 1. The highest BCUT2D eigenvalue weighted by Gasteiger charge is 2.19. The van der Waals surface area contributed by atoms with Gasteiger partial charge in [-0.25, -0.2) is 4.68 Å². The van der Waals surface area contributed by atoms with Crippen molar-refractivity contribution in [2.45, 2.75) is 32.8 Å². The van der Waals surface area contributed by atoms with Gasteiger partial charge < -0.3 is 10.8 Å². The highest BCUT2D eigenvalue weighted by Crippen LogP contribution is 2.26. The molecule has 1 aromatic carbocycles. The third-order valence-electron chi connectivity index (χ3n) is 2.95. The van der Waals surface area contributed by atoms with Gasteiger partial charge in [0.1, 0.15) is 5.82 Å². The lowest BCUT2D eigenvalue weighted by Gasteiger charge is -2.14. The molecule has 0 unspecified atom stereocenters. The number of nitrogens with zero attached hydrogens (tertiary/aromatic N) is 2. The van der Waals surface area contributed by atoms with Crippen molar-refractivity contribution >= 4 is 29.8 Å². The molecule has 4 nitrogen and oxygen atoms in total. The van der Waals surface area contributed by atoms with Crippen LogP contribution in [-0.4, -0.2) is 14.9 Å². The largest absolute Gasteiger partial charge is 0.392 e. The maximum atomic E-state index is 9.25. The van der Waals surface area contributed by atoms with Crippen LogP contribution >= 0.6 is 24.0 Å². The Bertz CT molecular complexity index is 603. The highest BCUT2D eigenvalue weighted by molar-refractivity contribution is 6.31. The summed E-state index contributed by atoms with van der Waals surface area (Å²) < 4.78 is 1.66. The molecule has 2 aromatic rings. The molecule has 110 valence electrons. The van der Waals surface area contributed by atoms with Crippen molar-refractivity contribution in [1.82, 2.24) is 9.78 Å². The second-order valence-electron chi connectivity index (χ2n) is 5.55. The molecular formula is C14H19Cl2N3O. The van der Waals surface area contributed by atoms with Crippen LogP contribution in [0.5, 0.6) is 0 Å². The minimum atomic E-state index is -0.111. The summed E-state index contributed by atoms with van der Waals surface area (Å²) in [5, 5.41) is 14.3. The van der Waals surface area contributed by atoms with E-state index in [2.05, 4.69) is 25.9 Å². The maximum absolute atomic E-state index is 9.25. The van der Waals surface area contributed by atoms with E-state index in [0.717, 1.165) is 11.4 Å². The van der Waals surface area contributed by atoms with Crippen LogP contribution in [0.4, 0.5) is 5.82 Å². The van der Waals surface area contributed by atoms with E-state index in [-0.39, 0.29) is 24.4 Å². The Kier molecular flexibility index (Phi) is 5.08. The molecule has 0 saturated carbocycles. The van der Waals surface area contributed by atoms with Gasteiger partial charge in [-0.05, 0) is 23.8 Å². The summed E-state index contributed by atoms with van der Waals surface area (Å²) in [6.07, 6.45) is 0. The molecule has 0 saturated heterocycles. The highest BCUT2D eigenvalue weighted by atomic mass is 35.5. The van der Waals surface area contributed by atoms with Crippen LogP contribution in [0, 0.1) is 0 Å². The van der Waals surface area contributed by atoms with E-state index in [1.165, 1.54) is 0 Å². The van der Waals surface area contributed by atoms with E-state index in [4.69, 9.17) is 17.3 Å². The number of aliphatic hydroxyl groups is 1. The Morgan fingerprint density at radius 1 is 1.30 bits per heavy atom. The van der Waals surface area contributed by atoms with Crippen molar-refractivity contribution in [2.75, 3.05) is 5.73 Å². The molecule has 0 aliphatic heterocycles. The van der Waals surface area contributed by atoms with Gasteiger partial charge in [-0.15, -0.1) is 12.4 Å². The smallest absolute Gasteiger partial charge is 0.127 e. The van der Waals surface area contributed by atoms with Crippen LogP contribution in [0.15, 0.2) is 24.3 Å². The quantitative estimate of drug-likeness (QED) is 0.893. The molecule has 0 fully saturated rings. The van der Waals surface area contributed by atoms with Gasteiger partial charge in [0.15, 0.2) is 0 Å². The molecule has 2 rings (SSSR count). The zero-order valence-corrected chi connectivity index (χ0v) is 13.3. The Morgan fingerprint density at radius 2 is 1.95 bits per heavy atom. The van der Waals surface area contributed by atoms with Crippen molar-refractivity contribution < 1.29 is 5.11 Å². The predicted octanol–water partition coefficient (Wildman–Crippen LogP) is 3.32. The average molecular weight is 316 g/mol. The number of nitrogens with two attached hydrogens (primary N) is 1. The van der Waals surface area contributed by atoms with Gasteiger partial charge in [0, 0.05) is 16.5 Å². The first kappa shape index (κ1) is 16.8. The molecule has 6 heteroatoms. The lowest BCUT2D eigenvalue weighted by molar-refractivity contribution is 0.282. The summed E-state index contributed by atoms with van der Waals surface area (Å²) in [4.78, 5) is 0. The summed E-state index contributed by atoms with van der Waals surface area (Å²) in [5.74, 6) is 0.566. The zero-order valence-electron chi connectivity index (χ0n) is 11.7. The third-order valence-corrected chi connectivity index (χ3v) is 3.32. The molecule has 1 aromatic heterocycles. The number of aromatic nitrogens is 2. The standard InChI is InChI=1S/C14H18ClN3O.ClH/c1-14(2,3)12-7-13(16)18(17-12)10-4-5-11(15)9(6-10)8-19;/h4-7,19H,8,16H2,1-3H3;1H. The Labute approximate surface area is 130 Å². The first-order valence-corrected chi connectivity index (χ1v) is 6.46. The van der Waals surface area contributed by atoms with Gasteiger partial charge in [-0.1, -0.05) is 32.4 Å². The lowest BCUT2D eigenvalue weighted by Crippen LogP contribution is -2.12. The molecule has 0 aliphatic carbocycles. The molecule has 1 heterocycles. The number of halogens is 2. The predicted molar refractivity (Wildman–Crippen MR) is 84.9 cm³/mol. The number of hydrogen-bond acceptors (Lipinski definition) is 3. The zero-order chi connectivity index (χ0) is 14.2. The van der Waals surface area contributed by atoms with Crippen LogP contribution in [0.2, 0.25) is 5.02 Å². The van der Waals surface area contributed by atoms with Crippen LogP contribution in [-0.2, 0) is 12.0 Å². The van der Waals surface area contributed by atoms with E-state index in [0.29, 0.717) is 16.4 Å². The van der Waals surface area contributed by atoms with Gasteiger partial charge in [-0.2, -0.15) is 5.10 Å². The van der Waals surface area contributed by atoms with E-state index in [1.807, 2.05) is 12.1 Å². The van der Waals surface area contributed by atoms with Crippen LogP contribution < -0.4 is 5.73 Å². The fourth-order valence-electron chi connectivity index (χ4n) is 1.78. The van der Waals surface area contributed by atoms with Crippen molar-refractivity contribution in [3.63, 3.8) is 0 Å². The number of aliphatic hydroxyl groups excluding tert-OH is 1. The minimum Gasteiger partial charge on any atom is -0.392 e. The van der Waals surface area contributed by atoms with Crippen molar-refractivity contribution in [3.05, 3.63) is 40.5 Å². The molecule has 0 radical (unpaired) electrons. The summed E-state index contributed by atoms with van der Waals surface area (Å²) in [7, 11) is 0. The molecule has 0 aliphatic rings. The number of rotatable bonds is 2. The lowest BCUT2D eigenvalue weighted by atomic mass is 9.92. The van der Waals surface area contributed by atoms with E-state index >= 15 is 0 Å². The first-order chi connectivity index (χ1) is 8.82. The van der Waals surface area contributed by atoms with Gasteiger partial charge >= 0.3 is 0 Å². The molecule has 20 heavy (non-hydrogen) atoms. The molecular weight excluding hydrogens is 297 g/mol. The first-order valence-electron chi connectivity index (χ1n) is 6.08. The second-order valence-corrected chi connectivity index (χ2v) is 5.96. The topological polar surface area (TPSA) is 64.1 Å². The number of nitrogen functional groups attached to an aromatic ring is 1. The molecule has 0 amide bonds. The Balaban J connectivity index is 0.00000200. The van der Waals surface area contributed by atoms with E-state index < -0.39 is 0 Å². The summed E-state index contributed by atoms with van der Waals surface area (Å²) in [6.45, 7) is 6.14. The summed E-state index contributed by atoms with van der Waals surface area (Å²) in [5.41, 5.74) is 8.31. The molecule has 0 spiro atoms. The van der Waals surface area contributed by atoms with Gasteiger partial charge in [0.25, 0.3) is 0 Å². The van der Waals surface area contributed by atoms with E-state index in [9.17, 15) is 5.11 Å². The van der Waals surface area contributed by atoms with Crippen LogP contribution in [0.3, 0.4) is 0 Å². The molecule has 0 atom stereocenters. The van der Waals surface area contributed by atoms with Crippen molar-refractivity contribution in [3.8, 4) is 5.69 Å². The van der Waals surface area contributed by atoms with Gasteiger partial charge in [-0.3, -0.25) is 0 Å². The number of hydrogen-bond donors (Lipinski definition) is 2. The van der Waals surface area contributed by atoms with Gasteiger partial charge in [0.2, 0.25) is 0 Å². The van der Waals surface area contributed by atoms with Gasteiger partial charge in [0.05, 0.1) is 18.0 Å². The maximum Gasteiger partial charge on any atom is 0.127 e. The summed E-state index contributed by atoms with van der Waals surface area (Å²) >= 11 is 5.98. The minimum absolute atomic E-state index is 0. The fraction of sp³-hybridized carbons (Fsp3) is 0.357. The van der Waals surface area contributed by atoms with Crippen molar-refractivity contribution in [2.24, 2.45) is 0 Å². The number of benzene rings is 1. The van der Waals surface area contributed by atoms with Crippen LogP contribution in [0.1, 0.15) is 32.0 Å². The SMILES string of the molecule is CC(C)(C)c1cc(N)n(-c2ccc(Cl)c(CO)c2)n1.Cl. The fourth-order valence-corrected chi connectivity index (χ4v) is 1.96. The Hall–Kier alpha value is -1.23. The summed E-state index contributed by atoms with van der Waals surface area (Å²) in [6, 6.07) is 7.23. The normalized spacial score (nSPS) is 11.2. The molecule has 0 bridgehead atoms. The van der Waals surface area contributed by atoms with Crippen LogP contribution in [0.25, 0.3) is 5.69 Å². The average Bonchev–Trinajstić information content (AvgIpc) is 2.72. The second kappa shape index (κ2) is 6.04.